The van der Waals surface area contributed by atoms with Gasteiger partial charge in [0.15, 0.2) is 17.4 Å². The Kier molecular flexibility index (Phi) is 2.90. The number of rotatable bonds is 2. The van der Waals surface area contributed by atoms with Gasteiger partial charge < -0.3 is 10.2 Å². The van der Waals surface area contributed by atoms with Crippen LogP contribution in [-0.2, 0) is 4.79 Å². The largest absolute Gasteiger partial charge is 0.504 e. The summed E-state index contributed by atoms with van der Waals surface area (Å²) < 4.78 is 25.9. The lowest BCUT2D eigenvalue weighted by Crippen LogP contribution is -2.15. The van der Waals surface area contributed by atoms with Gasteiger partial charge in [0, 0.05) is 0 Å². The molecule has 0 unspecified atom stereocenters. The summed E-state index contributed by atoms with van der Waals surface area (Å²) in [6.45, 7) is 0. The smallest absolute Gasteiger partial charge is 0.377 e. The summed E-state index contributed by atoms with van der Waals surface area (Å²) in [5, 5.41) is 16.5. The van der Waals surface area contributed by atoms with Crippen LogP contribution in [0.4, 0.5) is 8.78 Å². The van der Waals surface area contributed by atoms with Crippen LogP contribution in [0.15, 0.2) is 6.07 Å². The molecule has 1 aromatic carbocycles. The van der Waals surface area contributed by atoms with Crippen LogP contribution in [0.25, 0.3) is 0 Å². The topological polar surface area (TPSA) is 74.6 Å². The van der Waals surface area contributed by atoms with Crippen molar-refractivity contribution in [2.45, 2.75) is 0 Å². The van der Waals surface area contributed by atoms with E-state index in [0.717, 1.165) is 0 Å². The fraction of sp³-hybridized carbons (Fsp3) is 0. The maximum Gasteiger partial charge on any atom is 0.377 e. The monoisotopic (exact) mass is 236 g/mol. The summed E-state index contributed by atoms with van der Waals surface area (Å²) in [4.78, 5) is 21.1. The molecule has 0 aliphatic heterocycles. The summed E-state index contributed by atoms with van der Waals surface area (Å²) in [5.41, 5.74) is -1.28. The number of carbonyl (C=O) groups excluding carboxylic acids is 1. The van der Waals surface area contributed by atoms with Crippen LogP contribution < -0.4 is 0 Å². The summed E-state index contributed by atoms with van der Waals surface area (Å²) in [7, 11) is 0. The Bertz CT molecular complexity index is 432. The predicted molar refractivity (Wildman–Crippen MR) is 45.0 cm³/mol. The molecule has 0 saturated carbocycles. The minimum absolute atomic E-state index is 0.435. The van der Waals surface area contributed by atoms with Gasteiger partial charge in [0.05, 0.1) is 5.02 Å². The molecule has 0 saturated heterocycles. The molecule has 0 aliphatic carbocycles. The normalized spacial score (nSPS) is 10.1. The van der Waals surface area contributed by atoms with Crippen LogP contribution in [0, 0.1) is 11.6 Å². The Morgan fingerprint density at radius 1 is 1.33 bits per heavy atom. The van der Waals surface area contributed by atoms with E-state index in [-0.39, 0.29) is 0 Å². The number of aromatic hydroxyl groups is 1. The van der Waals surface area contributed by atoms with Crippen LogP contribution in [0.5, 0.6) is 5.75 Å². The van der Waals surface area contributed by atoms with E-state index in [1.807, 2.05) is 0 Å². The van der Waals surface area contributed by atoms with Crippen molar-refractivity contribution in [2.24, 2.45) is 0 Å². The van der Waals surface area contributed by atoms with Crippen molar-refractivity contribution in [3.8, 4) is 5.75 Å². The molecule has 0 atom stereocenters. The van der Waals surface area contributed by atoms with Crippen molar-refractivity contribution in [3.05, 3.63) is 28.3 Å². The van der Waals surface area contributed by atoms with E-state index in [1.165, 1.54) is 0 Å². The van der Waals surface area contributed by atoms with E-state index in [9.17, 15) is 18.4 Å². The second kappa shape index (κ2) is 3.82. The average molecular weight is 237 g/mol. The van der Waals surface area contributed by atoms with Crippen molar-refractivity contribution < 1.29 is 28.6 Å². The lowest BCUT2D eigenvalue weighted by molar-refractivity contribution is -0.131. The van der Waals surface area contributed by atoms with Gasteiger partial charge in [-0.05, 0) is 6.07 Å². The number of carbonyl (C=O) groups is 2. The van der Waals surface area contributed by atoms with Crippen LogP contribution in [-0.4, -0.2) is 22.0 Å². The Morgan fingerprint density at radius 2 is 1.87 bits per heavy atom. The van der Waals surface area contributed by atoms with Gasteiger partial charge >= 0.3 is 5.97 Å². The van der Waals surface area contributed by atoms with E-state index in [1.54, 1.807) is 0 Å². The summed E-state index contributed by atoms with van der Waals surface area (Å²) in [6, 6.07) is 0.435. The molecular formula is C8H3ClF2O4. The molecule has 0 fully saturated rings. The van der Waals surface area contributed by atoms with Gasteiger partial charge in [0.1, 0.15) is 5.56 Å². The maximum atomic E-state index is 13.1. The number of hydrogen-bond acceptors (Lipinski definition) is 3. The van der Waals surface area contributed by atoms with Gasteiger partial charge in [0.2, 0.25) is 0 Å². The number of aliphatic carboxylic acids is 1. The van der Waals surface area contributed by atoms with Gasteiger partial charge in [-0.1, -0.05) is 11.6 Å². The first-order valence-corrected chi connectivity index (χ1v) is 3.88. The third-order valence-corrected chi connectivity index (χ3v) is 1.84. The molecule has 0 radical (unpaired) electrons. The fourth-order valence-corrected chi connectivity index (χ4v) is 1.09. The number of halogens is 3. The highest BCUT2D eigenvalue weighted by atomic mass is 35.5. The van der Waals surface area contributed by atoms with Crippen molar-refractivity contribution in [3.63, 3.8) is 0 Å². The van der Waals surface area contributed by atoms with Crippen molar-refractivity contribution >= 4 is 23.4 Å². The minimum Gasteiger partial charge on any atom is -0.504 e. The molecule has 0 amide bonds. The molecule has 80 valence electrons. The summed E-state index contributed by atoms with van der Waals surface area (Å²) in [5.74, 6) is -8.00. The summed E-state index contributed by atoms with van der Waals surface area (Å²) in [6.07, 6.45) is 0. The van der Waals surface area contributed by atoms with Gasteiger partial charge in [-0.15, -0.1) is 0 Å². The second-order valence-corrected chi connectivity index (χ2v) is 2.92. The number of phenolic OH excluding ortho intramolecular Hbond substituents is 1. The Labute approximate surface area is 86.7 Å². The lowest BCUT2D eigenvalue weighted by Gasteiger charge is -2.04. The number of phenols is 1. The molecule has 0 aliphatic rings. The first-order valence-electron chi connectivity index (χ1n) is 3.50. The van der Waals surface area contributed by atoms with E-state index >= 15 is 0 Å². The Balaban J connectivity index is 3.53. The summed E-state index contributed by atoms with van der Waals surface area (Å²) >= 11 is 5.17. The molecule has 1 rings (SSSR count). The first-order chi connectivity index (χ1) is 6.86. The molecular weight excluding hydrogens is 234 g/mol. The first kappa shape index (κ1) is 11.4. The molecule has 4 nitrogen and oxygen atoms in total. The molecule has 0 bridgehead atoms. The highest BCUT2D eigenvalue weighted by molar-refractivity contribution is 6.41. The molecule has 1 aromatic rings. The van der Waals surface area contributed by atoms with E-state index in [2.05, 4.69) is 0 Å². The third-order valence-electron chi connectivity index (χ3n) is 1.57. The average Bonchev–Trinajstić information content (AvgIpc) is 2.15. The van der Waals surface area contributed by atoms with Crippen LogP contribution >= 0.6 is 11.6 Å². The zero-order chi connectivity index (χ0) is 11.7. The zero-order valence-electron chi connectivity index (χ0n) is 6.92. The number of carboxylic acids is 1. The molecule has 15 heavy (non-hydrogen) atoms. The van der Waals surface area contributed by atoms with Gasteiger partial charge in [-0.2, -0.15) is 0 Å². The number of hydrogen-bond donors (Lipinski definition) is 2. The Morgan fingerprint density at radius 3 is 2.33 bits per heavy atom. The van der Waals surface area contributed by atoms with E-state index < -0.39 is 39.7 Å². The molecule has 0 aromatic heterocycles. The highest BCUT2D eigenvalue weighted by Gasteiger charge is 2.27. The maximum absolute atomic E-state index is 13.1. The van der Waals surface area contributed by atoms with Crippen LogP contribution in [0.3, 0.4) is 0 Å². The third kappa shape index (κ3) is 1.89. The van der Waals surface area contributed by atoms with Crippen molar-refractivity contribution in [2.75, 3.05) is 0 Å². The number of benzene rings is 1. The number of Topliss-reactive ketones (excluding diaryl/α,β-unsaturated/α-hetero) is 1. The second-order valence-electron chi connectivity index (χ2n) is 2.51. The van der Waals surface area contributed by atoms with E-state index in [4.69, 9.17) is 21.8 Å². The fourth-order valence-electron chi connectivity index (χ4n) is 0.900. The van der Waals surface area contributed by atoms with Crippen LogP contribution in [0.2, 0.25) is 5.02 Å². The quantitative estimate of drug-likeness (QED) is 0.465. The highest BCUT2D eigenvalue weighted by Crippen LogP contribution is 2.30. The molecule has 0 heterocycles. The van der Waals surface area contributed by atoms with E-state index in [0.29, 0.717) is 6.07 Å². The minimum atomic E-state index is -2.02. The van der Waals surface area contributed by atoms with Gasteiger partial charge in [-0.3, -0.25) is 4.79 Å². The number of ketones is 1. The SMILES string of the molecule is O=C(O)C(=O)c1c(O)c(F)cc(Cl)c1F. The van der Waals surface area contributed by atoms with Gasteiger partial charge in [0.25, 0.3) is 5.78 Å². The van der Waals surface area contributed by atoms with Crippen LogP contribution in [0.1, 0.15) is 10.4 Å². The Hall–Kier alpha value is -1.69. The predicted octanol–water partition coefficient (Wildman–Crippen LogP) is 1.59. The van der Waals surface area contributed by atoms with Gasteiger partial charge in [-0.25, -0.2) is 13.6 Å². The molecule has 0 spiro atoms. The standard InChI is InChI=1S/C8H3ClF2O4/c9-2-1-3(10)6(12)4(5(2)11)7(13)8(14)15/h1,12H,(H,14,15). The zero-order valence-corrected chi connectivity index (χ0v) is 7.68. The molecule has 7 heteroatoms. The van der Waals surface area contributed by atoms with Crippen molar-refractivity contribution in [1.29, 1.82) is 0 Å². The number of carboxylic acid groups (broad SMARTS) is 1. The lowest BCUT2D eigenvalue weighted by atomic mass is 10.1. The van der Waals surface area contributed by atoms with Crippen molar-refractivity contribution in [1.82, 2.24) is 0 Å². The molecule has 2 N–H and O–H groups in total.